The highest BCUT2D eigenvalue weighted by atomic mass is 16.6. The second kappa shape index (κ2) is 20.7. The zero-order chi connectivity index (χ0) is 42.2. The average molecular weight is 834 g/mol. The minimum Gasteiger partial charge on any atom is -0.459 e. The topological polar surface area (TPSA) is 167 Å². The smallest absolute Gasteiger partial charge is 0.419 e. The molecule has 0 bridgehead atoms. The molecule has 0 aliphatic carbocycles. The number of anilines is 1. The molecule has 7 rings (SSSR count). The fraction of sp³-hybridized carbons (Fsp3) is 0.591. The maximum absolute atomic E-state index is 13.7. The molecular weight excluding hydrogens is 771 g/mol. The molecule has 2 aromatic carbocycles. The van der Waals surface area contributed by atoms with Crippen LogP contribution in [0.2, 0.25) is 0 Å². The van der Waals surface area contributed by atoms with Crippen LogP contribution < -0.4 is 11.1 Å². The van der Waals surface area contributed by atoms with E-state index in [4.69, 9.17) is 13.9 Å². The number of hydrogen-bond acceptors (Lipinski definition) is 10. The molecule has 0 spiro atoms. The van der Waals surface area contributed by atoms with E-state index in [0.717, 1.165) is 61.2 Å². The number of urea groups is 1. The average Bonchev–Trinajstić information content (AvgIpc) is 3.41. The molecule has 0 saturated carbocycles. The van der Waals surface area contributed by atoms with Crippen LogP contribution >= 0.6 is 0 Å². The number of amides is 5. The molecule has 0 radical (unpaired) electrons. The van der Waals surface area contributed by atoms with Gasteiger partial charge in [-0.3, -0.25) is 14.2 Å². The monoisotopic (exact) mass is 833 g/mol. The van der Waals surface area contributed by atoms with E-state index in [0.29, 0.717) is 82.3 Å². The van der Waals surface area contributed by atoms with Crippen molar-refractivity contribution in [2.45, 2.75) is 85.3 Å². The first-order chi connectivity index (χ1) is 28.3. The number of benzene rings is 2. The van der Waals surface area contributed by atoms with Crippen molar-refractivity contribution < 1.29 is 37.9 Å². The largest absolute Gasteiger partial charge is 0.459 e. The summed E-state index contributed by atoms with van der Waals surface area (Å²) in [4.78, 5) is 84.2. The van der Waals surface area contributed by atoms with Gasteiger partial charge < -0.3 is 43.7 Å². The number of carbonyl (C=O) groups excluding carboxylic acids is 5. The van der Waals surface area contributed by atoms with Gasteiger partial charge in [0.2, 0.25) is 0 Å². The van der Waals surface area contributed by atoms with Gasteiger partial charge in [-0.25, -0.2) is 19.2 Å². The Hall–Kier alpha value is -5.38. The first-order valence-corrected chi connectivity index (χ1v) is 21.0. The number of para-hydroxylation sites is 1. The highest BCUT2D eigenvalue weighted by molar-refractivity contribution is 6.32. The van der Waals surface area contributed by atoms with Crippen LogP contribution in [0, 0.1) is 12.8 Å². The Morgan fingerprint density at radius 3 is 2.22 bits per heavy atom. The number of nitrogens with zero attached hydrogens (tertiary/aromatic N) is 6. The van der Waals surface area contributed by atoms with Crippen LogP contribution in [0.5, 0.6) is 0 Å². The Morgan fingerprint density at radius 2 is 1.53 bits per heavy atom. The van der Waals surface area contributed by atoms with E-state index in [1.165, 1.54) is 4.57 Å². The van der Waals surface area contributed by atoms with E-state index in [9.17, 15) is 28.8 Å². The lowest BCUT2D eigenvalue weighted by Gasteiger charge is -2.38. The molecule has 0 unspecified atom stereocenters. The molecule has 16 heteroatoms. The number of piperidine rings is 2. The van der Waals surface area contributed by atoms with Crippen molar-refractivity contribution in [3.63, 3.8) is 0 Å². The van der Waals surface area contributed by atoms with Crippen LogP contribution in [-0.4, -0.2) is 144 Å². The van der Waals surface area contributed by atoms with E-state index in [2.05, 4.69) is 17.1 Å². The van der Waals surface area contributed by atoms with Crippen LogP contribution in [0.3, 0.4) is 0 Å². The SMILES string of the molecule is C.CCCOC(=O)C(=O)N1CCC(C)CC1.Cc1cc(C[C@@H](OC(=O)N2CCC(N3CCc4ccccc4NC3=O)CC2)C(=O)N2CCN(C)CC2)cc2oc(=O)n(C)c12. The first-order valence-electron chi connectivity index (χ1n) is 21.0. The number of piperazine rings is 1. The van der Waals surface area contributed by atoms with Crippen molar-refractivity contribution >= 4 is 46.7 Å². The predicted octanol–water partition coefficient (Wildman–Crippen LogP) is 4.65. The molecule has 1 aromatic heterocycles. The number of likely N-dealkylation sites (N-methyl/N-ethyl adjacent to an activating group) is 1. The first kappa shape index (κ1) is 45.7. The third-order valence-electron chi connectivity index (χ3n) is 11.9. The lowest BCUT2D eigenvalue weighted by atomic mass is 9.99. The van der Waals surface area contributed by atoms with E-state index < -0.39 is 29.8 Å². The standard InChI is InChI=1S/C32H40N6O6.C11H19NO3.CH4/c1-21-18-22(19-26-28(21)35(3)31(41)43-26)20-27(29(39)36-16-14-34(2)15-17-36)44-32(42)37-11-9-24(10-12-37)38-13-8-23-6-4-5-7-25(23)33-30(38)40;1-3-8-15-11(14)10(13)12-6-4-9(2)5-7-12;/h4-7,18-19,24,27H,8-17,20H2,1-3H3,(H,33,40);9H,3-8H2,1-2H3;1H4/t27-;;/m1../s1. The number of esters is 1. The van der Waals surface area contributed by atoms with Gasteiger partial charge in [-0.05, 0) is 87.2 Å². The molecule has 5 heterocycles. The summed E-state index contributed by atoms with van der Waals surface area (Å²) in [5.41, 5.74) is 4.68. The fourth-order valence-corrected chi connectivity index (χ4v) is 8.21. The van der Waals surface area contributed by atoms with Gasteiger partial charge in [0.15, 0.2) is 11.7 Å². The van der Waals surface area contributed by atoms with E-state index in [-0.39, 0.29) is 31.8 Å². The molecule has 1 N–H and O–H groups in total. The molecule has 3 fully saturated rings. The van der Waals surface area contributed by atoms with Gasteiger partial charge >= 0.3 is 29.8 Å². The molecule has 4 aliphatic rings. The molecule has 4 aliphatic heterocycles. The van der Waals surface area contributed by atoms with Crippen molar-refractivity contribution in [1.82, 2.24) is 29.1 Å². The zero-order valence-corrected chi connectivity index (χ0v) is 35.1. The van der Waals surface area contributed by atoms with Crippen LogP contribution in [0.15, 0.2) is 45.6 Å². The zero-order valence-electron chi connectivity index (χ0n) is 35.1. The number of rotatable bonds is 7. The fourth-order valence-electron chi connectivity index (χ4n) is 8.21. The van der Waals surface area contributed by atoms with Gasteiger partial charge in [-0.2, -0.15) is 0 Å². The number of hydrogen-bond donors (Lipinski definition) is 1. The predicted molar refractivity (Wildman–Crippen MR) is 228 cm³/mol. The van der Waals surface area contributed by atoms with Crippen LogP contribution in [0.25, 0.3) is 11.1 Å². The molecular formula is C44H63N7O9. The van der Waals surface area contributed by atoms with Gasteiger partial charge in [0.05, 0.1) is 12.1 Å². The molecule has 3 saturated heterocycles. The number of oxazole rings is 1. The summed E-state index contributed by atoms with van der Waals surface area (Å²) in [5.74, 6) is -1.21. The van der Waals surface area contributed by atoms with Gasteiger partial charge in [-0.15, -0.1) is 0 Å². The van der Waals surface area contributed by atoms with Crippen molar-refractivity contribution in [2.75, 3.05) is 77.9 Å². The lowest BCUT2D eigenvalue weighted by Crippen LogP contribution is -2.53. The van der Waals surface area contributed by atoms with E-state index >= 15 is 0 Å². The third kappa shape index (κ3) is 11.1. The molecule has 60 heavy (non-hydrogen) atoms. The summed E-state index contributed by atoms with van der Waals surface area (Å²) in [6.45, 7) is 11.7. The Bertz CT molecular complexity index is 2040. The molecule has 5 amide bonds. The van der Waals surface area contributed by atoms with E-state index in [1.807, 2.05) is 56.1 Å². The number of likely N-dealkylation sites (tertiary alicyclic amines) is 2. The number of nitrogens with one attached hydrogen (secondary N) is 1. The number of aromatic nitrogens is 1. The number of carbonyl (C=O) groups is 5. The lowest BCUT2D eigenvalue weighted by molar-refractivity contribution is -0.160. The summed E-state index contributed by atoms with van der Waals surface area (Å²) >= 11 is 0. The second-order valence-corrected chi connectivity index (χ2v) is 16.3. The maximum atomic E-state index is 13.7. The normalized spacial score (nSPS) is 18.3. The van der Waals surface area contributed by atoms with Crippen LogP contribution in [0.1, 0.15) is 70.1 Å². The van der Waals surface area contributed by atoms with Crippen molar-refractivity contribution in [3.8, 4) is 0 Å². The van der Waals surface area contributed by atoms with Crippen LogP contribution in [-0.2, 0) is 43.7 Å². The molecule has 1 atom stereocenters. The minimum absolute atomic E-state index is 0. The Labute approximate surface area is 352 Å². The number of ether oxygens (including phenoxy) is 2. The van der Waals surface area contributed by atoms with Gasteiger partial charge in [0, 0.05) is 84.1 Å². The molecule has 3 aromatic rings. The molecule has 16 nitrogen and oxygen atoms in total. The Balaban J connectivity index is 0.000000362. The van der Waals surface area contributed by atoms with Crippen molar-refractivity contribution in [1.29, 1.82) is 0 Å². The summed E-state index contributed by atoms with van der Waals surface area (Å²) in [5, 5.41) is 3.03. The van der Waals surface area contributed by atoms with Crippen molar-refractivity contribution in [2.24, 2.45) is 13.0 Å². The van der Waals surface area contributed by atoms with Crippen molar-refractivity contribution in [3.05, 3.63) is 63.6 Å². The summed E-state index contributed by atoms with van der Waals surface area (Å²) in [7, 11) is 3.67. The summed E-state index contributed by atoms with van der Waals surface area (Å²) in [6, 6.07) is 11.4. The van der Waals surface area contributed by atoms with Gasteiger partial charge in [-0.1, -0.05) is 45.5 Å². The Morgan fingerprint density at radius 1 is 0.867 bits per heavy atom. The highest BCUT2D eigenvalue weighted by Crippen LogP contribution is 2.26. The second-order valence-electron chi connectivity index (χ2n) is 16.3. The highest BCUT2D eigenvalue weighted by Gasteiger charge is 2.35. The Kier molecular flexibility index (Phi) is 15.8. The van der Waals surface area contributed by atoms with E-state index in [1.54, 1.807) is 27.8 Å². The maximum Gasteiger partial charge on any atom is 0.419 e. The minimum atomic E-state index is -1.02. The molecule has 328 valence electrons. The van der Waals surface area contributed by atoms with Gasteiger partial charge in [0.25, 0.3) is 5.91 Å². The third-order valence-corrected chi connectivity index (χ3v) is 11.9. The quantitative estimate of drug-likeness (QED) is 0.262. The number of aryl methyl sites for hydroxylation is 2. The summed E-state index contributed by atoms with van der Waals surface area (Å²) in [6.07, 6.45) is 3.33. The van der Waals surface area contributed by atoms with Crippen LogP contribution in [0.4, 0.5) is 15.3 Å². The summed E-state index contributed by atoms with van der Waals surface area (Å²) < 4.78 is 17.7. The number of fused-ring (bicyclic) bond motifs is 2. The van der Waals surface area contributed by atoms with Gasteiger partial charge in [0.1, 0.15) is 0 Å².